The fourth-order valence-electron chi connectivity index (χ4n) is 1.74. The van der Waals surface area contributed by atoms with Crippen LogP contribution < -0.4 is 0 Å². The molecule has 3 rings (SSSR count). The topological polar surface area (TPSA) is 81.1 Å². The third kappa shape index (κ3) is 2.57. The maximum atomic E-state index is 5.66. The van der Waals surface area contributed by atoms with Crippen LogP contribution in [0.4, 0.5) is 0 Å². The number of hydrogen-bond donors (Lipinski definition) is 0. The quantitative estimate of drug-likeness (QED) is 0.716. The molecular weight excluding hydrogens is 258 g/mol. The number of nitrogens with zero attached hydrogens (tertiary/aromatic N) is 5. The first-order chi connectivity index (χ1) is 9.72. The van der Waals surface area contributed by atoms with Crippen molar-refractivity contribution in [1.29, 1.82) is 0 Å². The lowest BCUT2D eigenvalue weighted by Crippen LogP contribution is -2.09. The highest BCUT2D eigenvalue weighted by Crippen LogP contribution is 2.23. The van der Waals surface area contributed by atoms with Gasteiger partial charge in [0, 0.05) is 6.20 Å². The summed E-state index contributed by atoms with van der Waals surface area (Å²) in [6.45, 7) is 0.713. The third-order valence-electron chi connectivity index (χ3n) is 2.57. The van der Waals surface area contributed by atoms with Crippen LogP contribution in [0, 0.1) is 0 Å². The van der Waals surface area contributed by atoms with Gasteiger partial charge in [0.05, 0.1) is 6.54 Å². The summed E-state index contributed by atoms with van der Waals surface area (Å²) in [6.07, 6.45) is 1.59. The molecule has 0 aliphatic rings. The summed E-state index contributed by atoms with van der Waals surface area (Å²) in [5, 5.41) is 11.6. The molecule has 3 aromatic rings. The summed E-state index contributed by atoms with van der Waals surface area (Å²) in [4.78, 5) is 6.27. The van der Waals surface area contributed by atoms with Crippen molar-refractivity contribution in [1.82, 2.24) is 25.2 Å². The predicted molar refractivity (Wildman–Crippen MR) is 70.4 cm³/mol. The molecule has 7 nitrogen and oxygen atoms in total. The van der Waals surface area contributed by atoms with E-state index in [0.29, 0.717) is 29.7 Å². The molecule has 0 unspecified atom stereocenters. The normalized spacial score (nSPS) is 11.2. The Morgan fingerprint density at radius 3 is 2.85 bits per heavy atom. The number of furan rings is 1. The lowest BCUT2D eigenvalue weighted by molar-refractivity contribution is 0.347. The third-order valence-corrected chi connectivity index (χ3v) is 2.57. The standard InChI is InChI=1S/C13H13N5O2/c1-18(2)8-9-5-6-11(19-9)13-15-12(17-20-13)10-4-3-7-14-16-10/h3-7H,8H2,1-2H3. The largest absolute Gasteiger partial charge is 0.455 e. The molecule has 0 aromatic carbocycles. The van der Waals surface area contributed by atoms with Crippen LogP contribution >= 0.6 is 0 Å². The monoisotopic (exact) mass is 271 g/mol. The molecule has 0 bridgehead atoms. The number of aromatic nitrogens is 4. The van der Waals surface area contributed by atoms with Crippen LogP contribution in [0.2, 0.25) is 0 Å². The Hall–Kier alpha value is -2.54. The van der Waals surface area contributed by atoms with E-state index in [1.807, 2.05) is 31.1 Å². The molecule has 0 radical (unpaired) electrons. The zero-order chi connectivity index (χ0) is 13.9. The second kappa shape index (κ2) is 5.22. The van der Waals surface area contributed by atoms with Gasteiger partial charge in [-0.3, -0.25) is 0 Å². The van der Waals surface area contributed by atoms with Crippen molar-refractivity contribution in [2.45, 2.75) is 6.54 Å². The highest BCUT2D eigenvalue weighted by molar-refractivity contribution is 5.52. The van der Waals surface area contributed by atoms with E-state index >= 15 is 0 Å². The van der Waals surface area contributed by atoms with Crippen molar-refractivity contribution in [3.63, 3.8) is 0 Å². The van der Waals surface area contributed by atoms with E-state index in [1.165, 1.54) is 0 Å². The molecule has 0 atom stereocenters. The minimum absolute atomic E-state index is 0.329. The molecule has 3 heterocycles. The average molecular weight is 271 g/mol. The van der Waals surface area contributed by atoms with Crippen molar-refractivity contribution in [3.05, 3.63) is 36.2 Å². The van der Waals surface area contributed by atoms with Gasteiger partial charge >= 0.3 is 0 Å². The molecule has 3 aromatic heterocycles. The molecule has 0 aliphatic heterocycles. The van der Waals surface area contributed by atoms with E-state index in [1.54, 1.807) is 18.3 Å². The minimum Gasteiger partial charge on any atom is -0.455 e. The fourth-order valence-corrected chi connectivity index (χ4v) is 1.74. The van der Waals surface area contributed by atoms with Gasteiger partial charge in [0.15, 0.2) is 5.76 Å². The van der Waals surface area contributed by atoms with Crippen molar-refractivity contribution in [2.24, 2.45) is 0 Å². The van der Waals surface area contributed by atoms with Crippen LogP contribution in [0.3, 0.4) is 0 Å². The van der Waals surface area contributed by atoms with E-state index in [4.69, 9.17) is 8.94 Å². The Morgan fingerprint density at radius 1 is 1.20 bits per heavy atom. The molecule has 0 fully saturated rings. The summed E-state index contributed by atoms with van der Waals surface area (Å²) >= 11 is 0. The molecule has 0 N–H and O–H groups in total. The van der Waals surface area contributed by atoms with Crippen LogP contribution in [0.1, 0.15) is 5.76 Å². The lowest BCUT2D eigenvalue weighted by Gasteiger charge is -2.05. The van der Waals surface area contributed by atoms with Gasteiger partial charge in [-0.1, -0.05) is 5.16 Å². The second-order valence-electron chi connectivity index (χ2n) is 4.54. The van der Waals surface area contributed by atoms with Crippen molar-refractivity contribution < 1.29 is 8.94 Å². The Kier molecular flexibility index (Phi) is 3.26. The summed E-state index contributed by atoms with van der Waals surface area (Å²) in [5.41, 5.74) is 0.558. The molecule has 102 valence electrons. The first kappa shape index (κ1) is 12.5. The van der Waals surface area contributed by atoms with Crippen LogP contribution in [0.15, 0.2) is 39.4 Å². The first-order valence-electron chi connectivity index (χ1n) is 6.08. The fraction of sp³-hybridized carbons (Fsp3) is 0.231. The van der Waals surface area contributed by atoms with Gasteiger partial charge in [-0.05, 0) is 38.4 Å². The van der Waals surface area contributed by atoms with Gasteiger partial charge in [-0.25, -0.2) is 0 Å². The lowest BCUT2D eigenvalue weighted by atomic mass is 10.4. The van der Waals surface area contributed by atoms with Crippen molar-refractivity contribution >= 4 is 0 Å². The zero-order valence-electron chi connectivity index (χ0n) is 11.1. The maximum absolute atomic E-state index is 5.66. The Bertz CT molecular complexity index is 690. The Balaban J connectivity index is 1.85. The van der Waals surface area contributed by atoms with Crippen molar-refractivity contribution in [2.75, 3.05) is 14.1 Å². The first-order valence-corrected chi connectivity index (χ1v) is 6.08. The summed E-state index contributed by atoms with van der Waals surface area (Å²) in [7, 11) is 3.95. The van der Waals surface area contributed by atoms with Gasteiger partial charge in [0.2, 0.25) is 5.82 Å². The second-order valence-corrected chi connectivity index (χ2v) is 4.54. The Morgan fingerprint density at radius 2 is 2.10 bits per heavy atom. The van der Waals surface area contributed by atoms with E-state index in [-0.39, 0.29) is 0 Å². The van der Waals surface area contributed by atoms with Gasteiger partial charge in [0.1, 0.15) is 11.5 Å². The SMILES string of the molecule is CN(C)Cc1ccc(-c2nc(-c3cccnn3)no2)o1. The van der Waals surface area contributed by atoms with Gasteiger partial charge in [-0.2, -0.15) is 10.1 Å². The van der Waals surface area contributed by atoms with E-state index in [9.17, 15) is 0 Å². The predicted octanol–water partition coefficient (Wildman–Crippen LogP) is 1.85. The van der Waals surface area contributed by atoms with Crippen LogP contribution in [-0.2, 0) is 6.54 Å². The molecule has 20 heavy (non-hydrogen) atoms. The highest BCUT2D eigenvalue weighted by Gasteiger charge is 2.15. The molecule has 0 saturated carbocycles. The Labute approximate surface area is 115 Å². The van der Waals surface area contributed by atoms with Crippen LogP contribution in [0.5, 0.6) is 0 Å². The molecule has 7 heteroatoms. The molecule has 0 saturated heterocycles. The zero-order valence-corrected chi connectivity index (χ0v) is 11.1. The smallest absolute Gasteiger partial charge is 0.293 e. The summed E-state index contributed by atoms with van der Waals surface area (Å²) < 4.78 is 10.8. The van der Waals surface area contributed by atoms with Gasteiger partial charge in [0.25, 0.3) is 5.89 Å². The number of rotatable bonds is 4. The average Bonchev–Trinajstić information content (AvgIpc) is 3.07. The van der Waals surface area contributed by atoms with Crippen molar-refractivity contribution in [3.8, 4) is 23.2 Å². The highest BCUT2D eigenvalue weighted by atomic mass is 16.5. The van der Waals surface area contributed by atoms with Gasteiger partial charge < -0.3 is 13.8 Å². The van der Waals surface area contributed by atoms with E-state index in [0.717, 1.165) is 5.76 Å². The summed E-state index contributed by atoms with van der Waals surface area (Å²) in [5.74, 6) is 2.10. The van der Waals surface area contributed by atoms with Crippen LogP contribution in [0.25, 0.3) is 23.2 Å². The minimum atomic E-state index is 0.329. The molecule has 0 aliphatic carbocycles. The molecule has 0 amide bonds. The molecule has 0 spiro atoms. The van der Waals surface area contributed by atoms with Crippen LogP contribution in [-0.4, -0.2) is 39.3 Å². The van der Waals surface area contributed by atoms with E-state index < -0.39 is 0 Å². The summed E-state index contributed by atoms with van der Waals surface area (Å²) in [6, 6.07) is 7.23. The van der Waals surface area contributed by atoms with Gasteiger partial charge in [-0.15, -0.1) is 5.10 Å². The number of hydrogen-bond acceptors (Lipinski definition) is 7. The maximum Gasteiger partial charge on any atom is 0.293 e. The molecular formula is C13H13N5O2. The van der Waals surface area contributed by atoms with E-state index in [2.05, 4.69) is 20.3 Å².